The number of hydrogen-bond acceptors (Lipinski definition) is 2. The summed E-state index contributed by atoms with van der Waals surface area (Å²) in [6, 6.07) is 0. The fourth-order valence-electron chi connectivity index (χ4n) is 1.73. The van der Waals surface area contributed by atoms with Crippen LogP contribution in [0.3, 0.4) is 0 Å². The van der Waals surface area contributed by atoms with Gasteiger partial charge < -0.3 is 10.2 Å². The van der Waals surface area contributed by atoms with Crippen LogP contribution in [0, 0.1) is 11.8 Å². The van der Waals surface area contributed by atoms with Crippen molar-refractivity contribution in [3.8, 4) is 0 Å². The highest BCUT2D eigenvalue weighted by Crippen LogP contribution is 2.29. The van der Waals surface area contributed by atoms with E-state index >= 15 is 0 Å². The van der Waals surface area contributed by atoms with Crippen molar-refractivity contribution in [2.45, 2.75) is 32.3 Å². The minimum atomic E-state index is -0.718. The second-order valence-corrected chi connectivity index (χ2v) is 3.39. The molecule has 0 bridgehead atoms. The molecule has 0 heterocycles. The van der Waals surface area contributed by atoms with Crippen LogP contribution in [0.5, 0.6) is 0 Å². The van der Waals surface area contributed by atoms with E-state index in [2.05, 4.69) is 0 Å². The molecule has 1 fully saturated rings. The molecule has 1 saturated carbocycles. The van der Waals surface area contributed by atoms with E-state index in [0.717, 1.165) is 0 Å². The van der Waals surface area contributed by atoms with Gasteiger partial charge >= 0.3 is 5.97 Å². The molecule has 0 spiro atoms. The largest absolute Gasteiger partial charge is 0.481 e. The summed E-state index contributed by atoms with van der Waals surface area (Å²) in [5, 5.41) is 17.9. The normalized spacial score (nSPS) is 38.5. The van der Waals surface area contributed by atoms with E-state index in [0.29, 0.717) is 19.3 Å². The van der Waals surface area contributed by atoms with Crippen LogP contribution in [0.4, 0.5) is 0 Å². The van der Waals surface area contributed by atoms with E-state index < -0.39 is 5.97 Å². The summed E-state index contributed by atoms with van der Waals surface area (Å²) in [5.74, 6) is -0.834. The average molecular weight is 158 g/mol. The smallest absolute Gasteiger partial charge is 0.306 e. The monoisotopic (exact) mass is 158 g/mol. The molecule has 1 rings (SSSR count). The molecule has 3 nitrogen and oxygen atoms in total. The van der Waals surface area contributed by atoms with Crippen LogP contribution in [-0.2, 0) is 4.79 Å². The lowest BCUT2D eigenvalue weighted by Gasteiger charge is -2.28. The van der Waals surface area contributed by atoms with Gasteiger partial charge in [0.15, 0.2) is 0 Å². The lowest BCUT2D eigenvalue weighted by molar-refractivity contribution is -0.145. The molecule has 3 heteroatoms. The second-order valence-electron chi connectivity index (χ2n) is 3.39. The fraction of sp³-hybridized carbons (Fsp3) is 0.875. The van der Waals surface area contributed by atoms with Crippen molar-refractivity contribution >= 4 is 5.97 Å². The molecule has 1 aliphatic rings. The third kappa shape index (κ3) is 1.93. The van der Waals surface area contributed by atoms with Crippen molar-refractivity contribution in [1.29, 1.82) is 0 Å². The van der Waals surface area contributed by atoms with Gasteiger partial charge in [0.2, 0.25) is 0 Å². The Morgan fingerprint density at radius 1 is 1.45 bits per heavy atom. The van der Waals surface area contributed by atoms with Gasteiger partial charge in [0.25, 0.3) is 0 Å². The van der Waals surface area contributed by atoms with E-state index in [1.807, 2.05) is 6.92 Å². The molecule has 1 aliphatic carbocycles. The summed E-state index contributed by atoms with van der Waals surface area (Å²) in [7, 11) is 0. The Morgan fingerprint density at radius 2 is 2.09 bits per heavy atom. The first kappa shape index (κ1) is 8.53. The number of carbonyl (C=O) groups is 1. The van der Waals surface area contributed by atoms with Gasteiger partial charge in [0.1, 0.15) is 0 Å². The molecule has 0 aromatic rings. The van der Waals surface area contributed by atoms with Gasteiger partial charge in [0, 0.05) is 0 Å². The first-order chi connectivity index (χ1) is 5.11. The van der Waals surface area contributed by atoms with Crippen LogP contribution in [0.1, 0.15) is 26.2 Å². The van der Waals surface area contributed by atoms with Gasteiger partial charge in [-0.2, -0.15) is 0 Å². The zero-order valence-electron chi connectivity index (χ0n) is 6.66. The third-order valence-electron chi connectivity index (χ3n) is 2.46. The maximum Gasteiger partial charge on any atom is 0.306 e. The summed E-state index contributed by atoms with van der Waals surface area (Å²) in [6.07, 6.45) is 1.62. The molecule has 0 aliphatic heterocycles. The summed E-state index contributed by atoms with van der Waals surface area (Å²) in [5.41, 5.74) is 0. The number of rotatable bonds is 1. The highest BCUT2D eigenvalue weighted by molar-refractivity contribution is 5.70. The van der Waals surface area contributed by atoms with E-state index in [1.165, 1.54) is 0 Å². The highest BCUT2D eigenvalue weighted by Gasteiger charge is 2.30. The van der Waals surface area contributed by atoms with Gasteiger partial charge in [0.05, 0.1) is 12.0 Å². The molecule has 0 aromatic heterocycles. The van der Waals surface area contributed by atoms with E-state index in [1.54, 1.807) is 0 Å². The Kier molecular flexibility index (Phi) is 2.49. The number of aliphatic carboxylic acids is 1. The van der Waals surface area contributed by atoms with Crippen LogP contribution in [0.2, 0.25) is 0 Å². The predicted molar refractivity (Wildman–Crippen MR) is 40.1 cm³/mol. The quantitative estimate of drug-likeness (QED) is 0.595. The van der Waals surface area contributed by atoms with Crippen LogP contribution in [0.25, 0.3) is 0 Å². The van der Waals surface area contributed by atoms with Crippen molar-refractivity contribution in [3.63, 3.8) is 0 Å². The summed E-state index contributed by atoms with van der Waals surface area (Å²) in [4.78, 5) is 10.6. The lowest BCUT2D eigenvalue weighted by Crippen LogP contribution is -2.30. The van der Waals surface area contributed by atoms with Crippen molar-refractivity contribution < 1.29 is 15.0 Å². The molecular formula is C8H14O3. The first-order valence-electron chi connectivity index (χ1n) is 4.02. The zero-order chi connectivity index (χ0) is 8.43. The molecule has 64 valence electrons. The molecular weight excluding hydrogens is 144 g/mol. The van der Waals surface area contributed by atoms with Crippen molar-refractivity contribution in [3.05, 3.63) is 0 Å². The SMILES string of the molecule is C[C@@H]1CC(O)CC[C@@H]1C(=O)O. The molecule has 1 unspecified atom stereocenters. The van der Waals surface area contributed by atoms with E-state index in [4.69, 9.17) is 5.11 Å². The van der Waals surface area contributed by atoms with Crippen molar-refractivity contribution in [2.75, 3.05) is 0 Å². The third-order valence-corrected chi connectivity index (χ3v) is 2.46. The number of aliphatic hydroxyl groups excluding tert-OH is 1. The average Bonchev–Trinajstić information content (AvgIpc) is 1.85. The lowest BCUT2D eigenvalue weighted by atomic mass is 9.79. The number of aliphatic hydroxyl groups is 1. The molecule has 2 N–H and O–H groups in total. The molecule has 11 heavy (non-hydrogen) atoms. The van der Waals surface area contributed by atoms with Gasteiger partial charge in [-0.3, -0.25) is 4.79 Å². The Labute approximate surface area is 66.0 Å². The summed E-state index contributed by atoms with van der Waals surface area (Å²) in [6.45, 7) is 1.89. The molecule has 0 aromatic carbocycles. The Hall–Kier alpha value is -0.570. The van der Waals surface area contributed by atoms with Crippen LogP contribution >= 0.6 is 0 Å². The van der Waals surface area contributed by atoms with Crippen molar-refractivity contribution in [1.82, 2.24) is 0 Å². The molecule has 3 atom stereocenters. The topological polar surface area (TPSA) is 57.5 Å². The van der Waals surface area contributed by atoms with Crippen LogP contribution in [0.15, 0.2) is 0 Å². The highest BCUT2D eigenvalue weighted by atomic mass is 16.4. The van der Waals surface area contributed by atoms with Crippen LogP contribution < -0.4 is 0 Å². The zero-order valence-corrected chi connectivity index (χ0v) is 6.66. The van der Waals surface area contributed by atoms with E-state index in [9.17, 15) is 9.90 Å². The molecule has 0 amide bonds. The standard InChI is InChI=1S/C8H14O3/c1-5-4-6(9)2-3-7(5)8(10)11/h5-7,9H,2-4H2,1H3,(H,10,11)/t5-,6?,7+/m1/s1. The Bertz CT molecular complexity index is 155. The Morgan fingerprint density at radius 3 is 2.55 bits per heavy atom. The van der Waals surface area contributed by atoms with Crippen LogP contribution in [-0.4, -0.2) is 22.3 Å². The first-order valence-corrected chi connectivity index (χ1v) is 4.02. The minimum absolute atomic E-state index is 0.122. The van der Waals surface area contributed by atoms with E-state index in [-0.39, 0.29) is 17.9 Å². The van der Waals surface area contributed by atoms with Gasteiger partial charge in [-0.1, -0.05) is 6.92 Å². The number of hydrogen-bond donors (Lipinski definition) is 2. The minimum Gasteiger partial charge on any atom is -0.481 e. The molecule has 0 radical (unpaired) electrons. The summed E-state index contributed by atoms with van der Waals surface area (Å²) >= 11 is 0. The maximum absolute atomic E-state index is 10.6. The summed E-state index contributed by atoms with van der Waals surface area (Å²) < 4.78 is 0. The van der Waals surface area contributed by atoms with Crippen molar-refractivity contribution in [2.24, 2.45) is 11.8 Å². The van der Waals surface area contributed by atoms with Gasteiger partial charge in [-0.05, 0) is 25.2 Å². The Balaban J connectivity index is 2.50. The number of carboxylic acid groups (broad SMARTS) is 1. The fourth-order valence-corrected chi connectivity index (χ4v) is 1.73. The molecule has 0 saturated heterocycles. The number of carboxylic acids is 1. The predicted octanol–water partition coefficient (Wildman–Crippen LogP) is 0.868. The maximum atomic E-state index is 10.6. The van der Waals surface area contributed by atoms with Gasteiger partial charge in [-0.25, -0.2) is 0 Å². The second kappa shape index (κ2) is 3.22. The van der Waals surface area contributed by atoms with Gasteiger partial charge in [-0.15, -0.1) is 0 Å².